The first-order chi connectivity index (χ1) is 15.1. The van der Waals surface area contributed by atoms with Gasteiger partial charge in [0.25, 0.3) is 5.91 Å². The summed E-state index contributed by atoms with van der Waals surface area (Å²) in [6, 6.07) is 3.49. The number of carbonyl (C=O) groups is 1. The van der Waals surface area contributed by atoms with Crippen LogP contribution in [0.2, 0.25) is 0 Å². The molecule has 0 saturated heterocycles. The van der Waals surface area contributed by atoms with Gasteiger partial charge in [-0.3, -0.25) is 4.79 Å². The van der Waals surface area contributed by atoms with Crippen LogP contribution in [0.15, 0.2) is 18.7 Å². The first-order valence-electron chi connectivity index (χ1n) is 11.9. The van der Waals surface area contributed by atoms with E-state index in [0.717, 1.165) is 12.8 Å². The third-order valence-electron chi connectivity index (χ3n) is 5.60. The van der Waals surface area contributed by atoms with Crippen molar-refractivity contribution >= 4 is 11.5 Å². The second-order valence-electron chi connectivity index (χ2n) is 8.04. The highest BCUT2D eigenvalue weighted by Gasteiger charge is 2.17. The quantitative estimate of drug-likeness (QED) is 0.211. The Bertz CT molecular complexity index is 632. The van der Waals surface area contributed by atoms with E-state index in [2.05, 4.69) is 18.8 Å². The average molecular weight is 434 g/mol. The van der Waals surface area contributed by atoms with Crippen LogP contribution in [0.1, 0.15) is 89.5 Å². The molecule has 0 atom stereocenters. The lowest BCUT2D eigenvalue weighted by Gasteiger charge is -2.15. The smallest absolute Gasteiger partial charge is 0.251 e. The van der Waals surface area contributed by atoms with Crippen LogP contribution in [-0.4, -0.2) is 33.8 Å². The number of methoxy groups -OCH3 is 3. The molecular weight excluding hydrogens is 390 g/mol. The van der Waals surface area contributed by atoms with Crippen LogP contribution in [0.3, 0.4) is 0 Å². The zero-order valence-electron chi connectivity index (χ0n) is 20.2. The van der Waals surface area contributed by atoms with Crippen LogP contribution in [0.5, 0.6) is 17.2 Å². The molecule has 0 spiro atoms. The number of hydrogen-bond donors (Lipinski definition) is 1. The summed E-state index contributed by atoms with van der Waals surface area (Å²) in [5.41, 5.74) is 1.04. The maximum Gasteiger partial charge on any atom is 0.251 e. The van der Waals surface area contributed by atoms with Crippen LogP contribution in [0, 0.1) is 0 Å². The van der Waals surface area contributed by atoms with Gasteiger partial charge >= 0.3 is 0 Å². The Kier molecular flexibility index (Phi) is 14.3. The number of carbonyl (C=O) groups excluding carboxylic acids is 1. The maximum atomic E-state index is 12.5. The van der Waals surface area contributed by atoms with Gasteiger partial charge in [-0.25, -0.2) is 0 Å². The van der Waals surface area contributed by atoms with E-state index < -0.39 is 0 Å². The van der Waals surface area contributed by atoms with E-state index in [1.54, 1.807) is 33.5 Å². The van der Waals surface area contributed by atoms with E-state index in [9.17, 15) is 4.79 Å². The first-order valence-corrected chi connectivity index (χ1v) is 11.9. The third-order valence-corrected chi connectivity index (χ3v) is 5.60. The minimum atomic E-state index is -0.169. The summed E-state index contributed by atoms with van der Waals surface area (Å²) in [7, 11) is 4.66. The summed E-state index contributed by atoms with van der Waals surface area (Å²) in [4.78, 5) is 12.5. The molecule has 0 aromatic heterocycles. The number of rotatable bonds is 18. The number of ether oxygens (including phenoxy) is 3. The molecule has 5 nitrogen and oxygen atoms in total. The molecule has 1 aromatic carbocycles. The van der Waals surface area contributed by atoms with Crippen LogP contribution in [0.4, 0.5) is 0 Å². The molecule has 0 aliphatic rings. The fourth-order valence-electron chi connectivity index (χ4n) is 3.66. The standard InChI is InChI=1S/C26H43NO4/c1-6-7-8-9-10-11-12-13-14-15-16-17-18-27-26(28)21(2)22-19-23(29-3)25(31-5)24(20-22)30-4/h19-20H,2,6-18H2,1,3-5H3,(H,27,28). The number of hydrogen-bond acceptors (Lipinski definition) is 4. The molecule has 0 saturated carbocycles. The SMILES string of the molecule is C=C(C(=O)NCCCCCCCCCCCCCC)c1cc(OC)c(OC)c(OC)c1. The summed E-state index contributed by atoms with van der Waals surface area (Å²) < 4.78 is 16.0. The van der Waals surface area contributed by atoms with Gasteiger partial charge in [0.15, 0.2) is 11.5 Å². The molecule has 0 aliphatic heterocycles. The summed E-state index contributed by atoms with van der Waals surface area (Å²) in [6.45, 7) is 6.88. The van der Waals surface area contributed by atoms with Gasteiger partial charge in [0.05, 0.1) is 21.3 Å². The van der Waals surface area contributed by atoms with Gasteiger partial charge in [0.2, 0.25) is 5.75 Å². The molecule has 1 N–H and O–H groups in total. The van der Waals surface area contributed by atoms with E-state index in [1.807, 2.05) is 0 Å². The molecule has 0 unspecified atom stereocenters. The average Bonchev–Trinajstić information content (AvgIpc) is 2.80. The molecular formula is C26H43NO4. The maximum absolute atomic E-state index is 12.5. The topological polar surface area (TPSA) is 56.8 Å². The van der Waals surface area contributed by atoms with Gasteiger partial charge in [0, 0.05) is 12.1 Å². The van der Waals surface area contributed by atoms with E-state index in [-0.39, 0.29) is 5.91 Å². The molecule has 0 aliphatic carbocycles. The van der Waals surface area contributed by atoms with Gasteiger partial charge in [-0.1, -0.05) is 84.1 Å². The van der Waals surface area contributed by atoms with Crippen molar-refractivity contribution in [2.75, 3.05) is 27.9 Å². The van der Waals surface area contributed by atoms with Crippen molar-refractivity contribution in [2.45, 2.75) is 84.0 Å². The molecule has 31 heavy (non-hydrogen) atoms. The highest BCUT2D eigenvalue weighted by Crippen LogP contribution is 2.39. The van der Waals surface area contributed by atoms with Gasteiger partial charge < -0.3 is 19.5 Å². The molecule has 0 fully saturated rings. The molecule has 1 amide bonds. The van der Waals surface area contributed by atoms with Crippen molar-refractivity contribution in [1.29, 1.82) is 0 Å². The number of benzene rings is 1. The van der Waals surface area contributed by atoms with E-state index in [4.69, 9.17) is 14.2 Å². The number of amides is 1. The molecule has 0 heterocycles. The van der Waals surface area contributed by atoms with Crippen molar-refractivity contribution in [3.8, 4) is 17.2 Å². The lowest BCUT2D eigenvalue weighted by atomic mass is 10.0. The van der Waals surface area contributed by atoms with Crippen molar-refractivity contribution in [3.63, 3.8) is 0 Å². The monoisotopic (exact) mass is 433 g/mol. The minimum absolute atomic E-state index is 0.169. The number of nitrogens with one attached hydrogen (secondary N) is 1. The van der Waals surface area contributed by atoms with Gasteiger partial charge in [-0.05, 0) is 24.1 Å². The van der Waals surface area contributed by atoms with Crippen molar-refractivity contribution < 1.29 is 19.0 Å². The van der Waals surface area contributed by atoms with Gasteiger partial charge in [0.1, 0.15) is 0 Å². The summed E-state index contributed by atoms with van der Waals surface area (Å²) in [6.07, 6.45) is 15.6. The van der Waals surface area contributed by atoms with E-state index in [1.165, 1.54) is 64.2 Å². The number of unbranched alkanes of at least 4 members (excludes halogenated alkanes) is 11. The predicted octanol–water partition coefficient (Wildman–Crippen LogP) is 6.54. The Hall–Kier alpha value is -2.17. The summed E-state index contributed by atoms with van der Waals surface area (Å²) in [5.74, 6) is 1.34. The fourth-order valence-corrected chi connectivity index (χ4v) is 3.66. The Labute approximate surface area is 189 Å². The molecule has 5 heteroatoms. The van der Waals surface area contributed by atoms with Crippen LogP contribution < -0.4 is 19.5 Å². The van der Waals surface area contributed by atoms with Crippen LogP contribution >= 0.6 is 0 Å². The third kappa shape index (κ3) is 10.1. The van der Waals surface area contributed by atoms with E-state index >= 15 is 0 Å². The predicted molar refractivity (Wildman–Crippen MR) is 129 cm³/mol. The first kappa shape index (κ1) is 26.9. The van der Waals surface area contributed by atoms with Crippen LogP contribution in [-0.2, 0) is 4.79 Å². The minimum Gasteiger partial charge on any atom is -0.493 e. The molecule has 1 aromatic rings. The zero-order valence-corrected chi connectivity index (χ0v) is 20.2. The molecule has 0 bridgehead atoms. The van der Waals surface area contributed by atoms with Gasteiger partial charge in [-0.2, -0.15) is 0 Å². The van der Waals surface area contributed by atoms with E-state index in [0.29, 0.717) is 34.9 Å². The summed E-state index contributed by atoms with van der Waals surface area (Å²) >= 11 is 0. The van der Waals surface area contributed by atoms with Crippen molar-refractivity contribution in [2.24, 2.45) is 0 Å². The highest BCUT2D eigenvalue weighted by atomic mass is 16.5. The molecule has 0 radical (unpaired) electrons. The fraction of sp³-hybridized carbons (Fsp3) is 0.654. The molecule has 1 rings (SSSR count). The highest BCUT2D eigenvalue weighted by molar-refractivity contribution is 6.18. The lowest BCUT2D eigenvalue weighted by molar-refractivity contribution is -0.115. The normalized spacial score (nSPS) is 10.6. The van der Waals surface area contributed by atoms with Crippen molar-refractivity contribution in [3.05, 3.63) is 24.3 Å². The second kappa shape index (κ2) is 16.5. The lowest BCUT2D eigenvalue weighted by Crippen LogP contribution is -2.25. The Morgan fingerprint density at radius 1 is 0.774 bits per heavy atom. The zero-order chi connectivity index (χ0) is 22.9. The Morgan fingerprint density at radius 2 is 1.23 bits per heavy atom. The van der Waals surface area contributed by atoms with Crippen LogP contribution in [0.25, 0.3) is 5.57 Å². The molecule has 176 valence electrons. The summed E-state index contributed by atoms with van der Waals surface area (Å²) in [5, 5.41) is 2.97. The Balaban J connectivity index is 2.23. The van der Waals surface area contributed by atoms with Gasteiger partial charge in [-0.15, -0.1) is 0 Å². The van der Waals surface area contributed by atoms with Crippen molar-refractivity contribution in [1.82, 2.24) is 5.32 Å². The second-order valence-corrected chi connectivity index (χ2v) is 8.04. The largest absolute Gasteiger partial charge is 0.493 e. The Morgan fingerprint density at radius 3 is 1.65 bits per heavy atom.